The van der Waals surface area contributed by atoms with Crippen molar-refractivity contribution in [3.63, 3.8) is 0 Å². The summed E-state index contributed by atoms with van der Waals surface area (Å²) in [7, 11) is 0. The molecule has 0 aromatic rings. The lowest BCUT2D eigenvalue weighted by Crippen LogP contribution is -2.36. The van der Waals surface area contributed by atoms with E-state index in [9.17, 15) is 4.79 Å². The molecule has 2 rings (SSSR count). The summed E-state index contributed by atoms with van der Waals surface area (Å²) in [6, 6.07) is 0. The minimum absolute atomic E-state index is 0.264. The maximum absolute atomic E-state index is 11.9. The molecular weight excluding hydrogens is 188 g/mol. The van der Waals surface area contributed by atoms with E-state index in [1.54, 1.807) is 0 Å². The minimum Gasteiger partial charge on any atom is -0.494 e. The van der Waals surface area contributed by atoms with Gasteiger partial charge in [0.1, 0.15) is 5.76 Å². The molecule has 0 radical (unpaired) electrons. The Labute approximate surface area is 91.7 Å². The molecular formula is C13H20O2. The Hall–Kier alpha value is -0.790. The SMILES string of the molecule is CCC1C2=C(CCCC2=O)OC(C)C1C. The van der Waals surface area contributed by atoms with Crippen molar-refractivity contribution >= 4 is 5.78 Å². The van der Waals surface area contributed by atoms with Crippen LogP contribution in [0.15, 0.2) is 11.3 Å². The van der Waals surface area contributed by atoms with Crippen LogP contribution in [0, 0.1) is 11.8 Å². The third-order valence-electron chi connectivity index (χ3n) is 3.92. The lowest BCUT2D eigenvalue weighted by Gasteiger charge is -2.39. The van der Waals surface area contributed by atoms with Gasteiger partial charge in [-0.25, -0.2) is 0 Å². The number of Topliss-reactive ketones (excluding diaryl/α,β-unsaturated/α-hetero) is 1. The summed E-state index contributed by atoms with van der Waals surface area (Å²) in [5.74, 6) is 2.23. The van der Waals surface area contributed by atoms with Gasteiger partial charge in [0.15, 0.2) is 5.78 Å². The van der Waals surface area contributed by atoms with E-state index >= 15 is 0 Å². The zero-order valence-electron chi connectivity index (χ0n) is 9.88. The summed E-state index contributed by atoms with van der Waals surface area (Å²) in [5, 5.41) is 0. The molecule has 0 spiro atoms. The van der Waals surface area contributed by atoms with Crippen LogP contribution in [0.5, 0.6) is 0 Å². The topological polar surface area (TPSA) is 26.3 Å². The van der Waals surface area contributed by atoms with Crippen molar-refractivity contribution in [2.24, 2.45) is 11.8 Å². The van der Waals surface area contributed by atoms with Gasteiger partial charge in [0.05, 0.1) is 6.10 Å². The first-order valence-corrected chi connectivity index (χ1v) is 6.08. The number of ketones is 1. The van der Waals surface area contributed by atoms with Crippen LogP contribution < -0.4 is 0 Å². The monoisotopic (exact) mass is 208 g/mol. The summed E-state index contributed by atoms with van der Waals surface area (Å²) >= 11 is 0. The number of carbonyl (C=O) groups excluding carboxylic acids is 1. The van der Waals surface area contributed by atoms with Crippen LogP contribution in [0.4, 0.5) is 0 Å². The van der Waals surface area contributed by atoms with E-state index in [-0.39, 0.29) is 6.10 Å². The Morgan fingerprint density at radius 2 is 2.07 bits per heavy atom. The molecule has 0 fully saturated rings. The van der Waals surface area contributed by atoms with Crippen LogP contribution in [0.1, 0.15) is 46.5 Å². The van der Waals surface area contributed by atoms with Gasteiger partial charge in [0.25, 0.3) is 0 Å². The molecule has 2 nitrogen and oxygen atoms in total. The van der Waals surface area contributed by atoms with Crippen molar-refractivity contribution < 1.29 is 9.53 Å². The second kappa shape index (κ2) is 3.99. The largest absolute Gasteiger partial charge is 0.494 e. The maximum Gasteiger partial charge on any atom is 0.162 e. The highest BCUT2D eigenvalue weighted by atomic mass is 16.5. The highest BCUT2D eigenvalue weighted by molar-refractivity contribution is 5.97. The molecule has 0 amide bonds. The predicted molar refractivity (Wildman–Crippen MR) is 59.4 cm³/mol. The number of hydrogen-bond acceptors (Lipinski definition) is 2. The zero-order valence-corrected chi connectivity index (χ0v) is 9.88. The van der Waals surface area contributed by atoms with E-state index in [0.29, 0.717) is 17.6 Å². The summed E-state index contributed by atoms with van der Waals surface area (Å²) in [5.41, 5.74) is 1.02. The van der Waals surface area contributed by atoms with Gasteiger partial charge in [-0.15, -0.1) is 0 Å². The predicted octanol–water partition coefficient (Wildman–Crippen LogP) is 3.07. The van der Waals surface area contributed by atoms with Crippen molar-refractivity contribution in [3.05, 3.63) is 11.3 Å². The normalized spacial score (nSPS) is 36.2. The Balaban J connectivity index is 2.38. The maximum atomic E-state index is 11.9. The van der Waals surface area contributed by atoms with E-state index in [1.165, 1.54) is 0 Å². The summed E-state index contributed by atoms with van der Waals surface area (Å²) in [4.78, 5) is 11.9. The molecule has 0 saturated carbocycles. The van der Waals surface area contributed by atoms with Crippen molar-refractivity contribution in [3.8, 4) is 0 Å². The molecule has 2 heteroatoms. The first-order valence-electron chi connectivity index (χ1n) is 6.08. The number of hydrogen-bond donors (Lipinski definition) is 0. The lowest BCUT2D eigenvalue weighted by atomic mass is 9.75. The van der Waals surface area contributed by atoms with Crippen molar-refractivity contribution in [1.29, 1.82) is 0 Å². The molecule has 3 atom stereocenters. The Morgan fingerprint density at radius 1 is 1.33 bits per heavy atom. The Bertz CT molecular complexity index is 304. The van der Waals surface area contributed by atoms with Gasteiger partial charge < -0.3 is 4.74 Å². The fourth-order valence-corrected chi connectivity index (χ4v) is 2.87. The quantitative estimate of drug-likeness (QED) is 0.662. The second-order valence-electron chi connectivity index (χ2n) is 4.81. The highest BCUT2D eigenvalue weighted by Gasteiger charge is 2.38. The second-order valence-corrected chi connectivity index (χ2v) is 4.81. The average Bonchev–Trinajstić information content (AvgIpc) is 2.21. The van der Waals surface area contributed by atoms with Gasteiger partial charge in [-0.05, 0) is 31.6 Å². The Morgan fingerprint density at radius 3 is 2.73 bits per heavy atom. The number of ether oxygens (including phenoxy) is 1. The minimum atomic E-state index is 0.264. The van der Waals surface area contributed by atoms with Gasteiger partial charge >= 0.3 is 0 Å². The third kappa shape index (κ3) is 1.70. The first kappa shape index (κ1) is 10.7. The molecule has 1 heterocycles. The van der Waals surface area contributed by atoms with Crippen molar-refractivity contribution in [2.75, 3.05) is 0 Å². The van der Waals surface area contributed by atoms with E-state index in [1.807, 2.05) is 0 Å². The molecule has 84 valence electrons. The average molecular weight is 208 g/mol. The molecule has 0 N–H and O–H groups in total. The van der Waals surface area contributed by atoms with Crippen molar-refractivity contribution in [2.45, 2.75) is 52.6 Å². The van der Waals surface area contributed by atoms with Gasteiger partial charge in [-0.2, -0.15) is 0 Å². The molecule has 15 heavy (non-hydrogen) atoms. The van der Waals surface area contributed by atoms with Crippen molar-refractivity contribution in [1.82, 2.24) is 0 Å². The molecule has 0 bridgehead atoms. The first-order chi connectivity index (χ1) is 7.15. The van der Waals surface area contributed by atoms with Gasteiger partial charge in [-0.1, -0.05) is 13.8 Å². The van der Waals surface area contributed by atoms with E-state index < -0.39 is 0 Å². The summed E-state index contributed by atoms with van der Waals surface area (Å²) < 4.78 is 5.86. The molecule has 2 aliphatic rings. The van der Waals surface area contributed by atoms with E-state index in [4.69, 9.17) is 4.74 Å². The van der Waals surface area contributed by atoms with Gasteiger partial charge in [-0.3, -0.25) is 4.79 Å². The van der Waals surface area contributed by atoms with Crippen LogP contribution in [0.3, 0.4) is 0 Å². The molecule has 0 saturated heterocycles. The number of carbonyl (C=O) groups is 1. The van der Waals surface area contributed by atoms with Crippen LogP contribution in [-0.2, 0) is 9.53 Å². The summed E-state index contributed by atoms with van der Waals surface area (Å²) in [6.45, 7) is 6.49. The zero-order chi connectivity index (χ0) is 11.0. The number of allylic oxidation sites excluding steroid dienone is 2. The van der Waals surface area contributed by atoms with Crippen LogP contribution in [-0.4, -0.2) is 11.9 Å². The number of rotatable bonds is 1. The van der Waals surface area contributed by atoms with E-state index in [0.717, 1.165) is 37.0 Å². The third-order valence-corrected chi connectivity index (χ3v) is 3.92. The molecule has 1 aliphatic heterocycles. The van der Waals surface area contributed by atoms with Crippen LogP contribution in [0.2, 0.25) is 0 Å². The fraction of sp³-hybridized carbons (Fsp3) is 0.769. The van der Waals surface area contributed by atoms with Crippen LogP contribution >= 0.6 is 0 Å². The lowest BCUT2D eigenvalue weighted by molar-refractivity contribution is -0.118. The van der Waals surface area contributed by atoms with Crippen LogP contribution in [0.25, 0.3) is 0 Å². The molecule has 0 aromatic heterocycles. The molecule has 3 unspecified atom stereocenters. The van der Waals surface area contributed by atoms with Gasteiger partial charge in [0.2, 0.25) is 0 Å². The standard InChI is InChI=1S/C13H20O2/c1-4-10-8(2)9(3)15-12-7-5-6-11(14)13(10)12/h8-10H,4-7H2,1-3H3. The summed E-state index contributed by atoms with van der Waals surface area (Å²) in [6.07, 6.45) is 3.97. The smallest absolute Gasteiger partial charge is 0.162 e. The fourth-order valence-electron chi connectivity index (χ4n) is 2.87. The Kier molecular flexibility index (Phi) is 2.85. The molecule has 1 aliphatic carbocycles. The molecule has 0 aromatic carbocycles. The highest BCUT2D eigenvalue weighted by Crippen LogP contribution is 2.40. The van der Waals surface area contributed by atoms with E-state index in [2.05, 4.69) is 20.8 Å². The van der Waals surface area contributed by atoms with Gasteiger partial charge in [0, 0.05) is 18.4 Å².